The van der Waals surface area contributed by atoms with Crippen LogP contribution in [0.1, 0.15) is 40.5 Å². The number of hydrogen-bond acceptors (Lipinski definition) is 8. The second-order valence-corrected chi connectivity index (χ2v) is 7.33. The largest absolute Gasteiger partial charge is 0.462 e. The van der Waals surface area contributed by atoms with Gasteiger partial charge in [-0.3, -0.25) is 0 Å². The van der Waals surface area contributed by atoms with E-state index in [0.717, 1.165) is 12.2 Å². The van der Waals surface area contributed by atoms with Crippen LogP contribution in [-0.4, -0.2) is 50.3 Å². The molecule has 0 heterocycles. The Morgan fingerprint density at radius 2 is 1.03 bits per heavy atom. The van der Waals surface area contributed by atoms with Crippen molar-refractivity contribution >= 4 is 23.9 Å². The number of carbonyl (C=O) groups excluding carboxylic acids is 4. The van der Waals surface area contributed by atoms with Gasteiger partial charge in [-0.15, -0.1) is 0 Å². The number of unbranched alkanes of at least 4 members (excludes halogenated alkanes) is 1. The van der Waals surface area contributed by atoms with E-state index in [0.29, 0.717) is 37.2 Å². The molecule has 8 nitrogen and oxygen atoms in total. The van der Waals surface area contributed by atoms with Gasteiger partial charge in [-0.25, -0.2) is 19.2 Å². The molecule has 0 aromatic heterocycles. The average molecular weight is 439 g/mol. The van der Waals surface area contributed by atoms with Crippen LogP contribution in [0.15, 0.2) is 49.6 Å². The zero-order valence-corrected chi connectivity index (χ0v) is 19.0. The molecular weight excluding hydrogens is 404 g/mol. The fraction of sp³-hybridized carbons (Fsp3) is 0.478. The van der Waals surface area contributed by atoms with E-state index in [9.17, 15) is 19.2 Å². The summed E-state index contributed by atoms with van der Waals surface area (Å²) in [5, 5.41) is 0. The Morgan fingerprint density at radius 1 is 0.710 bits per heavy atom. The molecule has 0 aromatic carbocycles. The van der Waals surface area contributed by atoms with Crippen molar-refractivity contribution in [2.45, 2.75) is 40.5 Å². The van der Waals surface area contributed by atoms with Crippen LogP contribution in [0, 0.1) is 5.41 Å². The number of hydrogen-bond donors (Lipinski definition) is 0. The van der Waals surface area contributed by atoms with E-state index >= 15 is 0 Å². The molecule has 0 atom stereocenters. The smallest absolute Gasteiger partial charge is 0.333 e. The monoisotopic (exact) mass is 438 g/mol. The minimum Gasteiger partial charge on any atom is -0.462 e. The van der Waals surface area contributed by atoms with Crippen LogP contribution >= 0.6 is 0 Å². The molecule has 0 aliphatic heterocycles. The highest BCUT2D eigenvalue weighted by atomic mass is 16.6. The molecular formula is C23H34O8. The maximum atomic E-state index is 11.0. The topological polar surface area (TPSA) is 105 Å². The summed E-state index contributed by atoms with van der Waals surface area (Å²) in [6, 6.07) is 0. The summed E-state index contributed by atoms with van der Waals surface area (Å²) >= 11 is 0. The van der Waals surface area contributed by atoms with E-state index in [-0.39, 0.29) is 25.2 Å². The average Bonchev–Trinajstić information content (AvgIpc) is 2.72. The molecule has 0 radical (unpaired) electrons. The molecule has 0 N–H and O–H groups in total. The maximum Gasteiger partial charge on any atom is 0.333 e. The van der Waals surface area contributed by atoms with Crippen molar-refractivity contribution in [3.05, 3.63) is 49.6 Å². The quantitative estimate of drug-likeness (QED) is 0.186. The van der Waals surface area contributed by atoms with Gasteiger partial charge in [0.05, 0.1) is 26.4 Å². The maximum absolute atomic E-state index is 11.0. The van der Waals surface area contributed by atoms with Crippen molar-refractivity contribution in [3.63, 3.8) is 0 Å². The summed E-state index contributed by atoms with van der Waals surface area (Å²) in [7, 11) is 0. The molecule has 0 saturated heterocycles. The molecule has 8 heteroatoms. The third kappa shape index (κ3) is 18.6. The fourth-order valence-corrected chi connectivity index (χ4v) is 1.47. The first-order valence-corrected chi connectivity index (χ1v) is 9.60. The summed E-state index contributed by atoms with van der Waals surface area (Å²) in [4.78, 5) is 43.5. The van der Waals surface area contributed by atoms with Crippen molar-refractivity contribution in [2.24, 2.45) is 5.41 Å². The Morgan fingerprint density at radius 3 is 1.29 bits per heavy atom. The zero-order valence-electron chi connectivity index (χ0n) is 19.0. The lowest BCUT2D eigenvalue weighted by molar-refractivity contribution is -0.146. The van der Waals surface area contributed by atoms with Crippen LogP contribution in [0.4, 0.5) is 0 Å². The number of rotatable bonds is 13. The highest BCUT2D eigenvalue weighted by Gasteiger charge is 2.21. The molecule has 0 bridgehead atoms. The predicted octanol–water partition coefficient (Wildman–Crippen LogP) is 3.48. The van der Waals surface area contributed by atoms with Gasteiger partial charge in [0, 0.05) is 28.7 Å². The second-order valence-electron chi connectivity index (χ2n) is 7.33. The third-order valence-corrected chi connectivity index (χ3v) is 3.25. The Balaban J connectivity index is 0. The van der Waals surface area contributed by atoms with Crippen LogP contribution < -0.4 is 0 Å². The highest BCUT2D eigenvalue weighted by molar-refractivity contribution is 5.87. The Labute approximate surface area is 184 Å². The lowest BCUT2D eigenvalue weighted by atomic mass is 9.96. The minimum atomic E-state index is -0.488. The van der Waals surface area contributed by atoms with E-state index < -0.39 is 17.4 Å². The zero-order chi connectivity index (χ0) is 24.4. The van der Waals surface area contributed by atoms with E-state index in [2.05, 4.69) is 26.3 Å². The number of carbonyl (C=O) groups is 4. The molecule has 0 aliphatic rings. The van der Waals surface area contributed by atoms with Crippen molar-refractivity contribution in [2.75, 3.05) is 26.4 Å². The molecule has 0 amide bonds. The molecule has 0 aromatic rings. The standard InChI is InChI=1S/C12H18O4.C11H16O4/c1-9(2)11(13)15-7-5-6-8-16-12(14)10(3)4;1-5-9(12)14-7-11(3,4)8-15-10(13)6-2/h1,3,5-8H2,2,4H3;5-6H,1-2,7-8H2,3-4H3. The van der Waals surface area contributed by atoms with Crippen molar-refractivity contribution in [1.82, 2.24) is 0 Å². The SMILES string of the molecule is C=C(C)C(=O)OCCCCOC(=O)C(=C)C.C=CC(=O)OCC(C)(C)COC(=O)C=C. The summed E-state index contributed by atoms with van der Waals surface area (Å²) in [6.07, 6.45) is 3.49. The molecule has 0 spiro atoms. The normalized spacial score (nSPS) is 9.81. The van der Waals surface area contributed by atoms with Gasteiger partial charge in [0.2, 0.25) is 0 Å². The second kappa shape index (κ2) is 16.6. The molecule has 0 saturated carbocycles. The Kier molecular flexibility index (Phi) is 16.1. The van der Waals surface area contributed by atoms with Crippen molar-refractivity contribution in [1.29, 1.82) is 0 Å². The van der Waals surface area contributed by atoms with Gasteiger partial charge in [-0.2, -0.15) is 0 Å². The van der Waals surface area contributed by atoms with Gasteiger partial charge < -0.3 is 18.9 Å². The summed E-state index contributed by atoms with van der Waals surface area (Å²) < 4.78 is 19.4. The molecule has 31 heavy (non-hydrogen) atoms. The van der Waals surface area contributed by atoms with Crippen LogP contribution in [0.25, 0.3) is 0 Å². The van der Waals surface area contributed by atoms with E-state index in [1.807, 2.05) is 13.8 Å². The van der Waals surface area contributed by atoms with E-state index in [1.165, 1.54) is 0 Å². The third-order valence-electron chi connectivity index (χ3n) is 3.25. The first kappa shape index (κ1) is 30.0. The van der Waals surface area contributed by atoms with Crippen molar-refractivity contribution in [3.8, 4) is 0 Å². The number of ether oxygens (including phenoxy) is 4. The van der Waals surface area contributed by atoms with Gasteiger partial charge in [-0.1, -0.05) is 40.2 Å². The van der Waals surface area contributed by atoms with Gasteiger partial charge in [0.25, 0.3) is 0 Å². The summed E-state index contributed by atoms with van der Waals surface area (Å²) in [5.41, 5.74) is 0.347. The first-order valence-electron chi connectivity index (χ1n) is 9.60. The van der Waals surface area contributed by atoms with Crippen LogP contribution in [-0.2, 0) is 38.1 Å². The fourth-order valence-electron chi connectivity index (χ4n) is 1.47. The van der Waals surface area contributed by atoms with Crippen molar-refractivity contribution < 1.29 is 38.1 Å². The lowest BCUT2D eigenvalue weighted by Gasteiger charge is -2.22. The molecule has 0 rings (SSSR count). The summed E-state index contributed by atoms with van der Waals surface area (Å²) in [6.45, 7) is 21.3. The number of esters is 4. The van der Waals surface area contributed by atoms with Gasteiger partial charge >= 0.3 is 23.9 Å². The van der Waals surface area contributed by atoms with Gasteiger partial charge in [-0.05, 0) is 26.7 Å². The Hall–Kier alpha value is -3.16. The van der Waals surface area contributed by atoms with E-state index in [1.54, 1.807) is 13.8 Å². The van der Waals surface area contributed by atoms with Gasteiger partial charge in [0.15, 0.2) is 0 Å². The lowest BCUT2D eigenvalue weighted by Crippen LogP contribution is -2.27. The molecule has 0 aliphatic carbocycles. The molecule has 0 unspecified atom stereocenters. The highest BCUT2D eigenvalue weighted by Crippen LogP contribution is 2.16. The van der Waals surface area contributed by atoms with Crippen LogP contribution in [0.5, 0.6) is 0 Å². The first-order chi connectivity index (χ1) is 14.4. The Bertz CT molecular complexity index is 617. The molecule has 174 valence electrons. The minimum absolute atomic E-state index is 0.169. The molecule has 0 fully saturated rings. The predicted molar refractivity (Wildman–Crippen MR) is 117 cm³/mol. The van der Waals surface area contributed by atoms with Gasteiger partial charge in [0.1, 0.15) is 0 Å². The summed E-state index contributed by atoms with van der Waals surface area (Å²) in [5.74, 6) is -1.76. The van der Waals surface area contributed by atoms with Crippen LogP contribution in [0.2, 0.25) is 0 Å². The van der Waals surface area contributed by atoms with Crippen LogP contribution in [0.3, 0.4) is 0 Å². The van der Waals surface area contributed by atoms with E-state index in [4.69, 9.17) is 18.9 Å².